The van der Waals surface area contributed by atoms with E-state index < -0.39 is 0 Å². The maximum absolute atomic E-state index is 6.38. The highest BCUT2D eigenvalue weighted by Gasteiger charge is 2.26. The van der Waals surface area contributed by atoms with Crippen LogP contribution in [0.1, 0.15) is 0 Å². The lowest BCUT2D eigenvalue weighted by molar-refractivity contribution is 0.669. The molecule has 0 aliphatic carbocycles. The van der Waals surface area contributed by atoms with Crippen molar-refractivity contribution in [1.29, 1.82) is 0 Å². The lowest BCUT2D eigenvalue weighted by Gasteiger charge is -2.13. The standard InChI is InChI=1S/C78H47N9O/c1-5-20-48(21-6-1)51-37-42-71-60(44-51)61-46-52(38-43-72(61)88-71)62-31-19-32-63(79-62)76-82-75(50-24-9-3-10-25-50)83-78(84-76)86-68-35-18-15-30-58(68)73-70(86)41-39-57-55-28-13-17-34-67(55)87(74(57)73)77-80-64(49-22-7-2-8-23-49)47-65(81-77)53-36-40-69-59(45-53)56-29-14-16-33-66(56)85(69)54-26-11-4-12-27-54/h1-47H. The van der Waals surface area contributed by atoms with Gasteiger partial charge in [0.1, 0.15) is 16.9 Å². The topological polar surface area (TPSA) is 105 Å². The third-order valence-electron chi connectivity index (χ3n) is 17.1. The second-order valence-electron chi connectivity index (χ2n) is 22.2. The Morgan fingerprint density at radius 3 is 1.47 bits per heavy atom. The lowest BCUT2D eigenvalue weighted by Crippen LogP contribution is -2.07. The van der Waals surface area contributed by atoms with E-state index in [-0.39, 0.29) is 0 Å². The Labute approximate surface area is 503 Å². The number of furan rings is 1. The number of aromatic nitrogens is 9. The van der Waals surface area contributed by atoms with Crippen molar-refractivity contribution in [3.8, 4) is 85.4 Å². The summed E-state index contributed by atoms with van der Waals surface area (Å²) < 4.78 is 13.2. The molecule has 0 aliphatic heterocycles. The first kappa shape index (κ1) is 49.3. The number of hydrogen-bond acceptors (Lipinski definition) is 7. The number of hydrogen-bond donors (Lipinski definition) is 0. The molecule has 0 radical (unpaired) electrons. The van der Waals surface area contributed by atoms with Gasteiger partial charge in [-0.25, -0.2) is 19.9 Å². The Kier molecular flexibility index (Phi) is 11.1. The monoisotopic (exact) mass is 1130 g/mol. The summed E-state index contributed by atoms with van der Waals surface area (Å²) in [6, 6.07) is 99.1. The van der Waals surface area contributed by atoms with Crippen LogP contribution >= 0.6 is 0 Å². The maximum atomic E-state index is 6.38. The first-order chi connectivity index (χ1) is 43.6. The van der Waals surface area contributed by atoms with Gasteiger partial charge < -0.3 is 8.98 Å². The highest BCUT2D eigenvalue weighted by molar-refractivity contribution is 6.26. The number of fused-ring (bicyclic) bond motifs is 13. The molecule has 0 saturated carbocycles. The van der Waals surface area contributed by atoms with Crippen LogP contribution in [0.25, 0.3) is 173 Å². The van der Waals surface area contributed by atoms with Crippen molar-refractivity contribution in [2.75, 3.05) is 0 Å². The van der Waals surface area contributed by atoms with E-state index in [2.05, 4.69) is 232 Å². The van der Waals surface area contributed by atoms with E-state index in [0.717, 1.165) is 138 Å². The molecule has 0 aliphatic rings. The average Bonchev–Trinajstić information content (AvgIpc) is 1.69. The van der Waals surface area contributed by atoms with Gasteiger partial charge in [-0.2, -0.15) is 9.97 Å². The smallest absolute Gasteiger partial charge is 0.238 e. The van der Waals surface area contributed by atoms with Gasteiger partial charge in [0.15, 0.2) is 11.6 Å². The minimum atomic E-state index is 0.440. The van der Waals surface area contributed by atoms with Gasteiger partial charge in [-0.05, 0) is 108 Å². The quantitative estimate of drug-likeness (QED) is 0.142. The van der Waals surface area contributed by atoms with E-state index in [9.17, 15) is 0 Å². The van der Waals surface area contributed by atoms with E-state index >= 15 is 0 Å². The first-order valence-electron chi connectivity index (χ1n) is 29.4. The molecule has 0 fully saturated rings. The van der Waals surface area contributed by atoms with Crippen LogP contribution in [0.5, 0.6) is 0 Å². The van der Waals surface area contributed by atoms with Crippen molar-refractivity contribution in [3.63, 3.8) is 0 Å². The van der Waals surface area contributed by atoms with E-state index in [4.69, 9.17) is 34.3 Å². The zero-order chi connectivity index (χ0) is 57.8. The largest absolute Gasteiger partial charge is 0.456 e. The van der Waals surface area contributed by atoms with E-state index in [1.165, 1.54) is 5.39 Å². The minimum Gasteiger partial charge on any atom is -0.456 e. The van der Waals surface area contributed by atoms with Crippen molar-refractivity contribution in [2.24, 2.45) is 0 Å². The number of rotatable bonds is 9. The normalized spacial score (nSPS) is 11.9. The Bertz CT molecular complexity index is 5810. The fourth-order valence-corrected chi connectivity index (χ4v) is 13.1. The Balaban J connectivity index is 0.831. The highest BCUT2D eigenvalue weighted by Crippen LogP contribution is 2.43. The summed E-state index contributed by atoms with van der Waals surface area (Å²) in [6.45, 7) is 0. The molecule has 0 unspecified atom stereocenters. The van der Waals surface area contributed by atoms with Crippen LogP contribution in [0.4, 0.5) is 0 Å². The van der Waals surface area contributed by atoms with Crippen LogP contribution in [-0.4, -0.2) is 43.6 Å². The summed E-state index contributed by atoms with van der Waals surface area (Å²) >= 11 is 0. The predicted octanol–water partition coefficient (Wildman–Crippen LogP) is 19.2. The molecule has 88 heavy (non-hydrogen) atoms. The molecule has 0 N–H and O–H groups in total. The van der Waals surface area contributed by atoms with Crippen LogP contribution in [-0.2, 0) is 0 Å². The molecule has 18 aromatic rings. The van der Waals surface area contributed by atoms with Crippen LogP contribution in [0.3, 0.4) is 0 Å². The van der Waals surface area contributed by atoms with Gasteiger partial charge in [0, 0.05) is 71.0 Å². The SMILES string of the molecule is c1ccc(-c2ccc3oc4ccc(-c5cccc(-c6nc(-c7ccccc7)nc(-n7c8ccccc8c8c7ccc7c9ccccc9n(-c9nc(-c%10ccccc%10)cc(-c%10ccc%11c(c%10)c%10ccccc%10n%11-c%10ccccc%10)n9)c78)n6)n5)cc4c3c2)cc1. The van der Waals surface area contributed by atoms with Gasteiger partial charge in [-0.1, -0.05) is 188 Å². The number of pyridine rings is 1. The third-order valence-corrected chi connectivity index (χ3v) is 17.1. The lowest BCUT2D eigenvalue weighted by atomic mass is 10.0. The van der Waals surface area contributed by atoms with Crippen LogP contribution < -0.4 is 0 Å². The number of nitrogens with zero attached hydrogens (tertiary/aromatic N) is 9. The summed E-state index contributed by atoms with van der Waals surface area (Å²) in [7, 11) is 0. The van der Waals surface area contributed by atoms with E-state index in [1.54, 1.807) is 0 Å². The molecular weight excluding hydrogens is 1080 g/mol. The average molecular weight is 1130 g/mol. The van der Waals surface area contributed by atoms with Crippen molar-refractivity contribution in [3.05, 3.63) is 285 Å². The van der Waals surface area contributed by atoms with Gasteiger partial charge in [-0.15, -0.1) is 0 Å². The predicted molar refractivity (Wildman–Crippen MR) is 356 cm³/mol. The first-order valence-corrected chi connectivity index (χ1v) is 29.4. The van der Waals surface area contributed by atoms with Gasteiger partial charge in [-0.3, -0.25) is 9.13 Å². The summed E-state index contributed by atoms with van der Waals surface area (Å²) in [5.74, 6) is 1.97. The molecule has 0 amide bonds. The van der Waals surface area contributed by atoms with Crippen LogP contribution in [0.2, 0.25) is 0 Å². The third kappa shape index (κ3) is 7.89. The fraction of sp³-hybridized carbons (Fsp3) is 0. The molecule has 11 aromatic carbocycles. The summed E-state index contributed by atoms with van der Waals surface area (Å²) in [4.78, 5) is 32.5. The molecule has 7 heterocycles. The summed E-state index contributed by atoms with van der Waals surface area (Å²) in [5, 5.41) is 8.55. The molecule has 0 saturated heterocycles. The van der Waals surface area contributed by atoms with E-state index in [0.29, 0.717) is 29.2 Å². The highest BCUT2D eigenvalue weighted by atomic mass is 16.3. The molecule has 0 spiro atoms. The zero-order valence-corrected chi connectivity index (χ0v) is 47.1. The van der Waals surface area contributed by atoms with Gasteiger partial charge in [0.25, 0.3) is 0 Å². The molecule has 18 rings (SSSR count). The van der Waals surface area contributed by atoms with E-state index in [1.807, 2.05) is 66.7 Å². The molecule has 410 valence electrons. The van der Waals surface area contributed by atoms with Crippen molar-refractivity contribution >= 4 is 87.4 Å². The zero-order valence-electron chi connectivity index (χ0n) is 47.1. The van der Waals surface area contributed by atoms with Crippen LogP contribution in [0.15, 0.2) is 290 Å². The second kappa shape index (κ2) is 19.7. The maximum Gasteiger partial charge on any atom is 0.238 e. The molecular formula is C78H47N9O. The van der Waals surface area contributed by atoms with Crippen molar-refractivity contribution in [1.82, 2.24) is 43.6 Å². The Morgan fingerprint density at radius 2 is 0.739 bits per heavy atom. The number of para-hydroxylation sites is 4. The minimum absolute atomic E-state index is 0.440. The molecule has 0 bridgehead atoms. The fourth-order valence-electron chi connectivity index (χ4n) is 13.1. The second-order valence-corrected chi connectivity index (χ2v) is 22.2. The Hall–Kier alpha value is -12.1. The molecule has 7 aromatic heterocycles. The summed E-state index contributed by atoms with van der Waals surface area (Å²) in [5.41, 5.74) is 17.9. The molecule has 0 atom stereocenters. The molecule has 10 heteroatoms. The van der Waals surface area contributed by atoms with Crippen LogP contribution in [0, 0.1) is 0 Å². The van der Waals surface area contributed by atoms with Crippen molar-refractivity contribution in [2.45, 2.75) is 0 Å². The summed E-state index contributed by atoms with van der Waals surface area (Å²) in [6.07, 6.45) is 0. The Morgan fingerprint density at radius 1 is 0.239 bits per heavy atom. The van der Waals surface area contributed by atoms with Crippen molar-refractivity contribution < 1.29 is 4.42 Å². The number of benzene rings is 11. The van der Waals surface area contributed by atoms with Gasteiger partial charge in [0.05, 0.1) is 50.2 Å². The van der Waals surface area contributed by atoms with Gasteiger partial charge in [0.2, 0.25) is 11.9 Å². The van der Waals surface area contributed by atoms with Gasteiger partial charge >= 0.3 is 0 Å². The molecule has 10 nitrogen and oxygen atoms in total.